The predicted molar refractivity (Wildman–Crippen MR) is 82.5 cm³/mol. The smallest absolute Gasteiger partial charge is 0.223 e. The van der Waals surface area contributed by atoms with Gasteiger partial charge in [-0.3, -0.25) is 4.79 Å². The Kier molecular flexibility index (Phi) is 5.60. The molecule has 1 unspecified atom stereocenters. The first-order valence-corrected chi connectivity index (χ1v) is 7.76. The highest BCUT2D eigenvalue weighted by Crippen LogP contribution is 2.20. The van der Waals surface area contributed by atoms with Crippen molar-refractivity contribution >= 4 is 5.91 Å². The number of rotatable bonds is 5. The summed E-state index contributed by atoms with van der Waals surface area (Å²) in [5, 5.41) is 0. The van der Waals surface area contributed by atoms with Gasteiger partial charge in [0.25, 0.3) is 0 Å². The van der Waals surface area contributed by atoms with E-state index in [-0.39, 0.29) is 0 Å². The summed E-state index contributed by atoms with van der Waals surface area (Å²) >= 11 is 0. The molecule has 1 aromatic rings. The van der Waals surface area contributed by atoms with Crippen LogP contribution in [0.4, 0.5) is 0 Å². The summed E-state index contributed by atoms with van der Waals surface area (Å²) in [7, 11) is 0. The molecular weight excluding hydrogens is 248 g/mol. The average Bonchev–Trinajstić information content (AvgIpc) is 2.46. The SMILES string of the molecule is Cc1cccc(CCC(=O)N2CCCCC2CCN)c1. The van der Waals surface area contributed by atoms with Gasteiger partial charge < -0.3 is 10.6 Å². The highest BCUT2D eigenvalue weighted by Gasteiger charge is 2.25. The van der Waals surface area contributed by atoms with Crippen LogP contribution in [0.15, 0.2) is 24.3 Å². The third-order valence-corrected chi connectivity index (χ3v) is 4.16. The number of hydrogen-bond acceptors (Lipinski definition) is 2. The Bertz CT molecular complexity index is 442. The second kappa shape index (κ2) is 7.44. The van der Waals surface area contributed by atoms with Crippen molar-refractivity contribution in [1.29, 1.82) is 0 Å². The fourth-order valence-electron chi connectivity index (χ4n) is 3.08. The minimum atomic E-state index is 0.296. The van der Waals surface area contributed by atoms with Crippen molar-refractivity contribution < 1.29 is 4.79 Å². The minimum absolute atomic E-state index is 0.296. The van der Waals surface area contributed by atoms with Gasteiger partial charge in [0.2, 0.25) is 5.91 Å². The van der Waals surface area contributed by atoms with Crippen molar-refractivity contribution in [2.45, 2.75) is 51.5 Å². The predicted octanol–water partition coefficient (Wildman–Crippen LogP) is 2.66. The van der Waals surface area contributed by atoms with Crippen LogP contribution in [-0.4, -0.2) is 29.9 Å². The second-order valence-electron chi connectivity index (χ2n) is 5.80. The van der Waals surface area contributed by atoms with Gasteiger partial charge >= 0.3 is 0 Å². The third-order valence-electron chi connectivity index (χ3n) is 4.16. The molecule has 1 fully saturated rings. The Morgan fingerprint density at radius 2 is 2.25 bits per heavy atom. The zero-order valence-electron chi connectivity index (χ0n) is 12.5. The second-order valence-corrected chi connectivity index (χ2v) is 5.80. The molecule has 0 bridgehead atoms. The number of likely N-dealkylation sites (tertiary alicyclic amines) is 1. The van der Waals surface area contributed by atoms with Gasteiger partial charge in [-0.2, -0.15) is 0 Å². The van der Waals surface area contributed by atoms with Gasteiger partial charge in [-0.05, 0) is 51.1 Å². The summed E-state index contributed by atoms with van der Waals surface area (Å²) in [6, 6.07) is 8.80. The van der Waals surface area contributed by atoms with Gasteiger partial charge in [0.15, 0.2) is 0 Å². The van der Waals surface area contributed by atoms with Crippen molar-refractivity contribution in [3.8, 4) is 0 Å². The number of hydrogen-bond donors (Lipinski definition) is 1. The fraction of sp³-hybridized carbons (Fsp3) is 0.588. The lowest BCUT2D eigenvalue weighted by molar-refractivity contribution is -0.134. The highest BCUT2D eigenvalue weighted by atomic mass is 16.2. The molecule has 0 aromatic heterocycles. The van der Waals surface area contributed by atoms with E-state index in [1.54, 1.807) is 0 Å². The van der Waals surface area contributed by atoms with Crippen LogP contribution in [0.1, 0.15) is 43.2 Å². The number of nitrogens with zero attached hydrogens (tertiary/aromatic N) is 1. The quantitative estimate of drug-likeness (QED) is 0.897. The molecule has 1 amide bonds. The van der Waals surface area contributed by atoms with Crippen molar-refractivity contribution in [3.63, 3.8) is 0 Å². The summed E-state index contributed by atoms with van der Waals surface area (Å²) in [4.78, 5) is 14.5. The molecule has 1 atom stereocenters. The van der Waals surface area contributed by atoms with Crippen molar-refractivity contribution in [2.24, 2.45) is 5.73 Å². The monoisotopic (exact) mass is 274 g/mol. The number of carbonyl (C=O) groups is 1. The van der Waals surface area contributed by atoms with E-state index < -0.39 is 0 Å². The summed E-state index contributed by atoms with van der Waals surface area (Å²) in [5.74, 6) is 0.296. The lowest BCUT2D eigenvalue weighted by atomic mass is 9.98. The molecule has 0 spiro atoms. The van der Waals surface area contributed by atoms with E-state index in [1.807, 2.05) is 0 Å². The van der Waals surface area contributed by atoms with Gasteiger partial charge in [-0.15, -0.1) is 0 Å². The molecule has 0 radical (unpaired) electrons. The van der Waals surface area contributed by atoms with Crippen LogP contribution in [0.2, 0.25) is 0 Å². The first kappa shape index (κ1) is 15.0. The molecule has 1 aliphatic rings. The van der Waals surface area contributed by atoms with Crippen LogP contribution < -0.4 is 5.73 Å². The van der Waals surface area contributed by atoms with E-state index in [4.69, 9.17) is 5.73 Å². The van der Waals surface area contributed by atoms with Crippen LogP contribution in [0.25, 0.3) is 0 Å². The van der Waals surface area contributed by atoms with E-state index in [1.165, 1.54) is 17.5 Å². The number of carbonyl (C=O) groups excluding carboxylic acids is 1. The number of benzene rings is 1. The van der Waals surface area contributed by atoms with Crippen LogP contribution in [-0.2, 0) is 11.2 Å². The Morgan fingerprint density at radius 1 is 1.40 bits per heavy atom. The van der Waals surface area contributed by atoms with Gasteiger partial charge in [-0.25, -0.2) is 0 Å². The number of nitrogens with two attached hydrogens (primary N) is 1. The molecule has 1 aliphatic heterocycles. The minimum Gasteiger partial charge on any atom is -0.340 e. The van der Waals surface area contributed by atoms with Crippen LogP contribution in [0.5, 0.6) is 0 Å². The van der Waals surface area contributed by atoms with E-state index in [0.29, 0.717) is 24.9 Å². The molecule has 0 aliphatic carbocycles. The zero-order chi connectivity index (χ0) is 14.4. The van der Waals surface area contributed by atoms with E-state index in [2.05, 4.69) is 36.1 Å². The highest BCUT2D eigenvalue weighted by molar-refractivity contribution is 5.77. The Balaban J connectivity index is 1.89. The molecule has 20 heavy (non-hydrogen) atoms. The molecule has 1 aromatic carbocycles. The molecule has 2 N–H and O–H groups in total. The lowest BCUT2D eigenvalue weighted by Crippen LogP contribution is -2.44. The van der Waals surface area contributed by atoms with Crippen molar-refractivity contribution in [3.05, 3.63) is 35.4 Å². The molecule has 110 valence electrons. The molecule has 3 nitrogen and oxygen atoms in total. The van der Waals surface area contributed by atoms with E-state index in [9.17, 15) is 4.79 Å². The van der Waals surface area contributed by atoms with Crippen LogP contribution in [0, 0.1) is 6.92 Å². The average molecular weight is 274 g/mol. The van der Waals surface area contributed by atoms with E-state index >= 15 is 0 Å². The lowest BCUT2D eigenvalue weighted by Gasteiger charge is -2.35. The number of aryl methyl sites for hydroxylation is 2. The number of piperidine rings is 1. The topological polar surface area (TPSA) is 46.3 Å². The number of amides is 1. The van der Waals surface area contributed by atoms with Gasteiger partial charge in [0.1, 0.15) is 0 Å². The van der Waals surface area contributed by atoms with Gasteiger partial charge in [0, 0.05) is 19.0 Å². The standard InChI is InChI=1S/C17H26N2O/c1-14-5-4-6-15(13-14)8-9-17(20)19-12-3-2-7-16(19)10-11-18/h4-6,13,16H,2-3,7-12,18H2,1H3. The van der Waals surface area contributed by atoms with Crippen molar-refractivity contribution in [1.82, 2.24) is 4.90 Å². The zero-order valence-corrected chi connectivity index (χ0v) is 12.5. The maximum absolute atomic E-state index is 12.4. The summed E-state index contributed by atoms with van der Waals surface area (Å²) in [6.07, 6.45) is 5.88. The first-order chi connectivity index (χ1) is 9.70. The molecular formula is C17H26N2O. The Hall–Kier alpha value is -1.35. The largest absolute Gasteiger partial charge is 0.340 e. The Morgan fingerprint density at radius 3 is 3.00 bits per heavy atom. The van der Waals surface area contributed by atoms with Crippen LogP contribution >= 0.6 is 0 Å². The molecule has 1 heterocycles. The fourth-order valence-corrected chi connectivity index (χ4v) is 3.08. The molecule has 2 rings (SSSR count). The Labute approximate surface area is 122 Å². The summed E-state index contributed by atoms with van der Waals surface area (Å²) in [5.41, 5.74) is 8.18. The normalized spacial score (nSPS) is 19.1. The van der Waals surface area contributed by atoms with E-state index in [0.717, 1.165) is 32.2 Å². The maximum Gasteiger partial charge on any atom is 0.223 e. The van der Waals surface area contributed by atoms with Crippen molar-refractivity contribution in [2.75, 3.05) is 13.1 Å². The molecule has 3 heteroatoms. The molecule has 0 saturated carbocycles. The summed E-state index contributed by atoms with van der Waals surface area (Å²) in [6.45, 7) is 3.68. The third kappa shape index (κ3) is 4.07. The maximum atomic E-state index is 12.4. The van der Waals surface area contributed by atoms with Crippen LogP contribution in [0.3, 0.4) is 0 Å². The van der Waals surface area contributed by atoms with Gasteiger partial charge in [-0.1, -0.05) is 29.8 Å². The van der Waals surface area contributed by atoms with Gasteiger partial charge in [0.05, 0.1) is 0 Å². The summed E-state index contributed by atoms with van der Waals surface area (Å²) < 4.78 is 0. The first-order valence-electron chi connectivity index (χ1n) is 7.76. The molecule has 1 saturated heterocycles.